The fourth-order valence-corrected chi connectivity index (χ4v) is 5.27. The molecule has 0 fully saturated rings. The van der Waals surface area contributed by atoms with Crippen LogP contribution < -0.4 is 4.74 Å². The average Bonchev–Trinajstić information content (AvgIpc) is 2.92. The van der Waals surface area contributed by atoms with E-state index in [2.05, 4.69) is 0 Å². The minimum Gasteiger partial charge on any atom is -0.425 e. The molecule has 0 aliphatic heterocycles. The van der Waals surface area contributed by atoms with Crippen molar-refractivity contribution in [2.75, 3.05) is 0 Å². The van der Waals surface area contributed by atoms with Gasteiger partial charge in [-0.05, 0) is 35.9 Å². The lowest BCUT2D eigenvalue weighted by Gasteiger charge is -2.07. The highest BCUT2D eigenvalue weighted by Gasteiger charge is 2.19. The molecule has 0 aliphatic rings. The van der Waals surface area contributed by atoms with Crippen LogP contribution >= 0.6 is 34.5 Å². The van der Waals surface area contributed by atoms with Crippen molar-refractivity contribution in [2.45, 2.75) is 17.6 Å². The second-order valence-electron chi connectivity index (χ2n) is 5.35. The summed E-state index contributed by atoms with van der Waals surface area (Å²) in [5, 5.41) is 3.14. The molecular formula is C17H12Cl2O4S2. The van der Waals surface area contributed by atoms with Crippen molar-refractivity contribution in [3.05, 3.63) is 57.4 Å². The molecule has 0 saturated carbocycles. The van der Waals surface area contributed by atoms with Crippen LogP contribution in [0, 0.1) is 0 Å². The second-order valence-corrected chi connectivity index (χ2v) is 9.09. The van der Waals surface area contributed by atoms with Crippen molar-refractivity contribution in [3.8, 4) is 5.75 Å². The number of hydrogen-bond donors (Lipinski definition) is 0. The quantitative estimate of drug-likeness (QED) is 0.556. The fourth-order valence-electron chi connectivity index (χ4n) is 2.34. The lowest BCUT2D eigenvalue weighted by molar-refractivity contribution is -0.131. The van der Waals surface area contributed by atoms with Gasteiger partial charge in [0.15, 0.2) is 9.84 Å². The number of ether oxygens (including phenoxy) is 1. The molecule has 8 heteroatoms. The molecule has 0 N–H and O–H groups in total. The highest BCUT2D eigenvalue weighted by Crippen LogP contribution is 2.35. The summed E-state index contributed by atoms with van der Waals surface area (Å²) in [4.78, 5) is 11.3. The van der Waals surface area contributed by atoms with Gasteiger partial charge in [-0.3, -0.25) is 4.79 Å². The number of carbonyl (C=O) groups is 1. The summed E-state index contributed by atoms with van der Waals surface area (Å²) in [5.41, 5.74) is 0.484. The Balaban J connectivity index is 1.95. The smallest absolute Gasteiger partial charge is 0.308 e. The lowest BCUT2D eigenvalue weighted by Crippen LogP contribution is -2.05. The van der Waals surface area contributed by atoms with Crippen molar-refractivity contribution in [3.63, 3.8) is 0 Å². The molecule has 130 valence electrons. The van der Waals surface area contributed by atoms with E-state index in [0.29, 0.717) is 26.7 Å². The van der Waals surface area contributed by atoms with Crippen molar-refractivity contribution in [1.82, 2.24) is 0 Å². The van der Waals surface area contributed by atoms with Crippen molar-refractivity contribution in [2.24, 2.45) is 0 Å². The monoisotopic (exact) mass is 414 g/mol. The minimum absolute atomic E-state index is 0.183. The van der Waals surface area contributed by atoms with E-state index < -0.39 is 15.8 Å². The third-order valence-corrected chi connectivity index (χ3v) is 6.66. The zero-order valence-corrected chi connectivity index (χ0v) is 16.1. The predicted octanol–water partition coefficient (Wildman–Crippen LogP) is 5.11. The Morgan fingerprint density at radius 1 is 1.16 bits per heavy atom. The zero-order valence-electron chi connectivity index (χ0n) is 13.0. The predicted molar refractivity (Wildman–Crippen MR) is 100 cm³/mol. The van der Waals surface area contributed by atoms with E-state index in [1.54, 1.807) is 29.6 Å². The third kappa shape index (κ3) is 3.98. The average molecular weight is 415 g/mol. The van der Waals surface area contributed by atoms with Crippen LogP contribution in [0.2, 0.25) is 10.0 Å². The van der Waals surface area contributed by atoms with Crippen molar-refractivity contribution in [1.29, 1.82) is 0 Å². The maximum absolute atomic E-state index is 12.7. The first-order chi connectivity index (χ1) is 11.8. The van der Waals surface area contributed by atoms with Gasteiger partial charge in [0.1, 0.15) is 5.75 Å². The third-order valence-electron chi connectivity index (χ3n) is 3.48. The number of fused-ring (bicyclic) bond motifs is 1. The molecule has 4 nitrogen and oxygen atoms in total. The summed E-state index contributed by atoms with van der Waals surface area (Å²) < 4.78 is 31.2. The van der Waals surface area contributed by atoms with Crippen LogP contribution in [0.25, 0.3) is 10.1 Å². The molecule has 1 aromatic heterocycles. The molecule has 1 heterocycles. The largest absolute Gasteiger partial charge is 0.425 e. The Labute approximate surface area is 158 Å². The van der Waals surface area contributed by atoms with E-state index in [4.69, 9.17) is 27.9 Å². The number of thiophene rings is 1. The Kier molecular flexibility index (Phi) is 5.06. The SMILES string of the molecule is CC(=O)Oc1csc2cc(S(=O)(=O)Cc3ccc(Cl)cc3Cl)ccc12. The lowest BCUT2D eigenvalue weighted by atomic mass is 10.2. The number of halogens is 2. The highest BCUT2D eigenvalue weighted by atomic mass is 35.5. The summed E-state index contributed by atoms with van der Waals surface area (Å²) in [6, 6.07) is 9.44. The molecule has 0 radical (unpaired) electrons. The maximum atomic E-state index is 12.7. The first kappa shape index (κ1) is 18.2. The summed E-state index contributed by atoms with van der Waals surface area (Å²) in [6.07, 6.45) is 0. The van der Waals surface area contributed by atoms with E-state index in [-0.39, 0.29) is 10.6 Å². The normalized spacial score (nSPS) is 11.6. The molecular weight excluding hydrogens is 403 g/mol. The Morgan fingerprint density at radius 3 is 2.60 bits per heavy atom. The Hall–Kier alpha value is -1.60. The van der Waals surface area contributed by atoms with Gasteiger partial charge in [-0.2, -0.15) is 0 Å². The van der Waals surface area contributed by atoms with Crippen LogP contribution in [-0.2, 0) is 20.4 Å². The number of rotatable bonds is 4. The van der Waals surface area contributed by atoms with Crippen LogP contribution in [0.1, 0.15) is 12.5 Å². The summed E-state index contributed by atoms with van der Waals surface area (Å²) >= 11 is 13.2. The van der Waals surface area contributed by atoms with Crippen LogP contribution in [0.3, 0.4) is 0 Å². The summed E-state index contributed by atoms with van der Waals surface area (Å²) in [6.45, 7) is 1.32. The van der Waals surface area contributed by atoms with Crippen LogP contribution in [0.4, 0.5) is 0 Å². The molecule has 0 spiro atoms. The molecule has 0 amide bonds. The topological polar surface area (TPSA) is 60.4 Å². The molecule has 3 aromatic rings. The summed E-state index contributed by atoms with van der Waals surface area (Å²) in [5.74, 6) is -0.220. The van der Waals surface area contributed by atoms with Crippen LogP contribution in [0.5, 0.6) is 5.75 Å². The molecule has 2 aromatic carbocycles. The fraction of sp³-hybridized carbons (Fsp3) is 0.118. The number of benzene rings is 2. The Bertz CT molecular complexity index is 1070. The van der Waals surface area contributed by atoms with Gasteiger partial charge in [0.05, 0.1) is 10.6 Å². The van der Waals surface area contributed by atoms with E-state index in [1.165, 1.54) is 30.4 Å². The van der Waals surface area contributed by atoms with Gasteiger partial charge in [0.25, 0.3) is 0 Å². The van der Waals surface area contributed by atoms with Crippen molar-refractivity contribution >= 4 is 60.4 Å². The van der Waals surface area contributed by atoms with Crippen molar-refractivity contribution < 1.29 is 17.9 Å². The first-order valence-electron chi connectivity index (χ1n) is 7.12. The zero-order chi connectivity index (χ0) is 18.2. The van der Waals surface area contributed by atoms with Gasteiger partial charge in [-0.15, -0.1) is 11.3 Å². The van der Waals surface area contributed by atoms with Gasteiger partial charge in [-0.1, -0.05) is 29.3 Å². The van der Waals surface area contributed by atoms with Crippen LogP contribution in [-0.4, -0.2) is 14.4 Å². The van der Waals surface area contributed by atoms with E-state index in [9.17, 15) is 13.2 Å². The standard InChI is InChI=1S/C17H12Cl2O4S2/c1-10(20)23-16-8-24-17-7-13(4-5-14(16)17)25(21,22)9-11-2-3-12(18)6-15(11)19/h2-8H,9H2,1H3. The van der Waals surface area contributed by atoms with Crippen LogP contribution in [0.15, 0.2) is 46.7 Å². The Morgan fingerprint density at radius 2 is 1.92 bits per heavy atom. The molecule has 0 atom stereocenters. The van der Waals surface area contributed by atoms with Gasteiger partial charge < -0.3 is 4.74 Å². The molecule has 25 heavy (non-hydrogen) atoms. The van der Waals surface area contributed by atoms with Gasteiger partial charge in [-0.25, -0.2) is 8.42 Å². The first-order valence-corrected chi connectivity index (χ1v) is 10.4. The number of esters is 1. The highest BCUT2D eigenvalue weighted by molar-refractivity contribution is 7.90. The summed E-state index contributed by atoms with van der Waals surface area (Å²) in [7, 11) is -3.58. The number of sulfone groups is 1. The minimum atomic E-state index is -3.58. The molecule has 3 rings (SSSR count). The number of hydrogen-bond acceptors (Lipinski definition) is 5. The molecule has 0 aliphatic carbocycles. The molecule has 0 saturated heterocycles. The molecule has 0 bridgehead atoms. The number of carbonyl (C=O) groups excluding carboxylic acids is 1. The van der Waals surface area contributed by atoms with Gasteiger partial charge in [0.2, 0.25) is 0 Å². The van der Waals surface area contributed by atoms with E-state index >= 15 is 0 Å². The second kappa shape index (κ2) is 6.96. The maximum Gasteiger partial charge on any atom is 0.308 e. The van der Waals surface area contributed by atoms with E-state index in [0.717, 1.165) is 4.70 Å². The van der Waals surface area contributed by atoms with Gasteiger partial charge in [0, 0.05) is 32.4 Å². The van der Waals surface area contributed by atoms with E-state index in [1.807, 2.05) is 0 Å². The van der Waals surface area contributed by atoms with Gasteiger partial charge >= 0.3 is 5.97 Å². The molecule has 0 unspecified atom stereocenters.